The van der Waals surface area contributed by atoms with Gasteiger partial charge in [-0.1, -0.05) is 0 Å². The van der Waals surface area contributed by atoms with Crippen molar-refractivity contribution in [2.24, 2.45) is 4.99 Å². The van der Waals surface area contributed by atoms with Crippen LogP contribution in [-0.2, 0) is 21.1 Å². The summed E-state index contributed by atoms with van der Waals surface area (Å²) in [5, 5.41) is 11.3. The number of rotatable bonds is 2. The molecule has 1 aliphatic carbocycles. The number of aliphatic carboxylic acids is 1. The van der Waals surface area contributed by atoms with Gasteiger partial charge in [-0.3, -0.25) is 4.99 Å². The van der Waals surface area contributed by atoms with Crippen molar-refractivity contribution in [1.29, 1.82) is 0 Å². The third kappa shape index (κ3) is 1.69. The Morgan fingerprint density at radius 1 is 1.44 bits per heavy atom. The van der Waals surface area contributed by atoms with E-state index in [-0.39, 0.29) is 5.75 Å². The van der Waals surface area contributed by atoms with E-state index in [0.29, 0.717) is 34.4 Å². The molecule has 0 bridgehead atoms. The number of fused-ring (bicyclic) bond motifs is 1. The second-order valence-corrected chi connectivity index (χ2v) is 7.81. The number of hydrogen-bond acceptors (Lipinski definition) is 5. The highest BCUT2D eigenvalue weighted by atomic mass is 32.2. The van der Waals surface area contributed by atoms with Gasteiger partial charge < -0.3 is 5.11 Å². The van der Waals surface area contributed by atoms with Crippen LogP contribution in [0, 0.1) is 0 Å². The SMILES string of the molecule is O=C(O)C1(N=c2ccsc3c2CCS3(=O)=O)CC1. The highest BCUT2D eigenvalue weighted by Crippen LogP contribution is 2.39. The van der Waals surface area contributed by atoms with Crippen LogP contribution < -0.4 is 5.36 Å². The fraction of sp³-hybridized carbons (Fsp3) is 0.455. The number of sulfone groups is 1. The first kappa shape index (κ1) is 11.9. The summed E-state index contributed by atoms with van der Waals surface area (Å²) < 4.78 is 23.9. The van der Waals surface area contributed by atoms with Crippen LogP contribution in [0.3, 0.4) is 0 Å². The monoisotopic (exact) mass is 285 g/mol. The molecule has 1 N–H and O–H groups in total. The van der Waals surface area contributed by atoms with Crippen molar-refractivity contribution >= 4 is 27.1 Å². The van der Waals surface area contributed by atoms with Crippen LogP contribution in [0.25, 0.3) is 0 Å². The van der Waals surface area contributed by atoms with Crippen molar-refractivity contribution in [2.45, 2.75) is 29.0 Å². The predicted octanol–water partition coefficient (Wildman–Crippen LogP) is 0.596. The fourth-order valence-electron chi connectivity index (χ4n) is 2.08. The fourth-order valence-corrected chi connectivity index (χ4v) is 5.00. The lowest BCUT2D eigenvalue weighted by molar-refractivity contribution is -0.139. The lowest BCUT2D eigenvalue weighted by atomic mass is 10.2. The van der Waals surface area contributed by atoms with Crippen LogP contribution in [0.15, 0.2) is 20.6 Å². The van der Waals surface area contributed by atoms with Gasteiger partial charge in [0.25, 0.3) is 0 Å². The Hall–Kier alpha value is -1.21. The molecule has 1 saturated carbocycles. The Morgan fingerprint density at radius 3 is 2.78 bits per heavy atom. The third-order valence-corrected chi connectivity index (χ3v) is 6.65. The van der Waals surface area contributed by atoms with E-state index >= 15 is 0 Å². The van der Waals surface area contributed by atoms with Crippen molar-refractivity contribution in [3.05, 3.63) is 22.4 Å². The van der Waals surface area contributed by atoms with E-state index in [0.717, 1.165) is 0 Å². The first-order chi connectivity index (χ1) is 8.45. The quantitative estimate of drug-likeness (QED) is 0.862. The minimum atomic E-state index is -3.17. The molecule has 0 radical (unpaired) electrons. The maximum Gasteiger partial charge on any atom is 0.331 e. The first-order valence-electron chi connectivity index (χ1n) is 5.57. The normalized spacial score (nSPS) is 23.7. The Balaban J connectivity index is 2.20. The molecule has 2 heterocycles. The van der Waals surface area contributed by atoms with Gasteiger partial charge in [0.05, 0.1) is 11.1 Å². The maximum atomic E-state index is 11.8. The van der Waals surface area contributed by atoms with Crippen molar-refractivity contribution < 1.29 is 18.3 Å². The molecule has 0 aromatic carbocycles. The molecule has 0 unspecified atom stereocenters. The number of hydrogen-bond donors (Lipinski definition) is 1. The van der Waals surface area contributed by atoms with Crippen molar-refractivity contribution in [3.63, 3.8) is 0 Å². The van der Waals surface area contributed by atoms with E-state index in [2.05, 4.69) is 4.99 Å². The summed E-state index contributed by atoms with van der Waals surface area (Å²) in [7, 11) is -3.17. The second-order valence-electron chi connectivity index (χ2n) is 4.59. The average molecular weight is 285 g/mol. The molecule has 0 atom stereocenters. The van der Waals surface area contributed by atoms with Crippen molar-refractivity contribution in [3.8, 4) is 0 Å². The summed E-state index contributed by atoms with van der Waals surface area (Å²) >= 11 is 1.18. The summed E-state index contributed by atoms with van der Waals surface area (Å²) in [6.45, 7) is 0. The summed E-state index contributed by atoms with van der Waals surface area (Å²) in [5.41, 5.74) is -0.318. The summed E-state index contributed by atoms with van der Waals surface area (Å²) in [4.78, 5) is 15.4. The van der Waals surface area contributed by atoms with Gasteiger partial charge in [0.2, 0.25) is 0 Å². The molecule has 5 nitrogen and oxygen atoms in total. The number of carboxylic acids is 1. The molecule has 7 heteroatoms. The highest BCUT2D eigenvalue weighted by Gasteiger charge is 2.50. The molecular weight excluding hydrogens is 274 g/mol. The Labute approximate surface area is 108 Å². The number of nitrogens with zero attached hydrogens (tertiary/aromatic N) is 1. The molecule has 1 aromatic heterocycles. The minimum absolute atomic E-state index is 0.103. The van der Waals surface area contributed by atoms with E-state index in [9.17, 15) is 13.2 Å². The van der Waals surface area contributed by atoms with Gasteiger partial charge in [-0.15, -0.1) is 11.3 Å². The summed E-state index contributed by atoms with van der Waals surface area (Å²) in [6.07, 6.45) is 1.49. The molecular formula is C11H11NO4S2. The Kier molecular flexibility index (Phi) is 2.40. The first-order valence-corrected chi connectivity index (χ1v) is 8.11. The molecule has 0 amide bonds. The molecule has 18 heavy (non-hydrogen) atoms. The van der Waals surface area contributed by atoms with Crippen molar-refractivity contribution in [1.82, 2.24) is 0 Å². The summed E-state index contributed by atoms with van der Waals surface area (Å²) in [6, 6.07) is 1.72. The zero-order chi connectivity index (χ0) is 13.0. The molecule has 1 aliphatic heterocycles. The van der Waals surface area contributed by atoms with Crippen LogP contribution in [0.4, 0.5) is 0 Å². The average Bonchev–Trinajstić information content (AvgIpc) is 3.02. The van der Waals surface area contributed by atoms with E-state index in [1.54, 1.807) is 11.4 Å². The van der Waals surface area contributed by atoms with Gasteiger partial charge in [-0.25, -0.2) is 13.2 Å². The van der Waals surface area contributed by atoms with Crippen LogP contribution in [-0.4, -0.2) is 30.8 Å². The van der Waals surface area contributed by atoms with E-state index in [1.165, 1.54) is 11.3 Å². The molecule has 1 fully saturated rings. The molecule has 3 rings (SSSR count). The van der Waals surface area contributed by atoms with E-state index in [4.69, 9.17) is 5.11 Å². The lowest BCUT2D eigenvalue weighted by Crippen LogP contribution is -2.24. The van der Waals surface area contributed by atoms with Gasteiger partial charge in [0, 0.05) is 5.56 Å². The topological polar surface area (TPSA) is 83.8 Å². The molecule has 1 aromatic rings. The Bertz CT molecular complexity index is 698. The Morgan fingerprint density at radius 2 is 2.17 bits per heavy atom. The van der Waals surface area contributed by atoms with Crippen LogP contribution in [0.5, 0.6) is 0 Å². The van der Waals surface area contributed by atoms with E-state index in [1.807, 2.05) is 0 Å². The standard InChI is InChI=1S/C11H11NO4S2/c13-10(14)11(3-4-11)12-8-1-5-17-9-7(8)2-6-18(9,15)16/h1,5H,2-4,6H2,(H,13,14). The van der Waals surface area contributed by atoms with Gasteiger partial charge in [-0.2, -0.15) is 0 Å². The number of carboxylic acid groups (broad SMARTS) is 1. The molecule has 96 valence electrons. The van der Waals surface area contributed by atoms with Gasteiger partial charge >= 0.3 is 5.97 Å². The second kappa shape index (κ2) is 3.64. The molecule has 2 aliphatic rings. The number of carbonyl (C=O) groups is 1. The van der Waals surface area contributed by atoms with Crippen LogP contribution in [0.1, 0.15) is 18.4 Å². The zero-order valence-corrected chi connectivity index (χ0v) is 11.1. The van der Waals surface area contributed by atoms with Crippen molar-refractivity contribution in [2.75, 3.05) is 5.75 Å². The largest absolute Gasteiger partial charge is 0.479 e. The smallest absolute Gasteiger partial charge is 0.331 e. The summed E-state index contributed by atoms with van der Waals surface area (Å²) in [5.74, 6) is -0.824. The van der Waals surface area contributed by atoms with Crippen LogP contribution >= 0.6 is 11.3 Å². The molecule has 0 spiro atoms. The van der Waals surface area contributed by atoms with E-state index < -0.39 is 21.3 Å². The van der Waals surface area contributed by atoms with Crippen LogP contribution in [0.2, 0.25) is 0 Å². The third-order valence-electron chi connectivity index (χ3n) is 3.32. The molecule has 0 saturated heterocycles. The minimum Gasteiger partial charge on any atom is -0.479 e. The highest BCUT2D eigenvalue weighted by molar-refractivity contribution is 7.93. The predicted molar refractivity (Wildman–Crippen MR) is 65.2 cm³/mol. The lowest BCUT2D eigenvalue weighted by Gasteiger charge is -2.03. The van der Waals surface area contributed by atoms with Gasteiger partial charge in [0.15, 0.2) is 15.4 Å². The van der Waals surface area contributed by atoms with Gasteiger partial charge in [-0.05, 0) is 30.7 Å². The van der Waals surface area contributed by atoms with Gasteiger partial charge in [0.1, 0.15) is 4.21 Å². The zero-order valence-electron chi connectivity index (χ0n) is 9.42. The maximum absolute atomic E-state index is 11.8.